The standard InChI is InChI=1S/C21H31N3O3/c1-14-7-6-8-15(2)18(14)23-17(25)13-22-19(26)16-9-11-24(12-10-16)20(27)21(3,4)5/h6-8,16H,9-13H2,1-5H3,(H,22,26)(H,23,25). The zero-order valence-corrected chi connectivity index (χ0v) is 17.0. The number of carbonyl (C=O) groups is 3. The predicted molar refractivity (Wildman–Crippen MR) is 106 cm³/mol. The SMILES string of the molecule is Cc1cccc(C)c1NC(=O)CNC(=O)C1CCN(C(=O)C(C)(C)C)CC1. The molecule has 1 aliphatic heterocycles. The largest absolute Gasteiger partial charge is 0.347 e. The number of amides is 3. The summed E-state index contributed by atoms with van der Waals surface area (Å²) in [6.07, 6.45) is 1.26. The van der Waals surface area contributed by atoms with Crippen molar-refractivity contribution >= 4 is 23.4 Å². The highest BCUT2D eigenvalue weighted by atomic mass is 16.2. The first-order valence-corrected chi connectivity index (χ1v) is 9.52. The van der Waals surface area contributed by atoms with Gasteiger partial charge in [0.1, 0.15) is 0 Å². The van der Waals surface area contributed by atoms with Crippen LogP contribution in [0.5, 0.6) is 0 Å². The number of hydrogen-bond donors (Lipinski definition) is 2. The smallest absolute Gasteiger partial charge is 0.243 e. The fourth-order valence-corrected chi connectivity index (χ4v) is 3.33. The van der Waals surface area contributed by atoms with Crippen molar-refractivity contribution in [1.82, 2.24) is 10.2 Å². The number of anilines is 1. The van der Waals surface area contributed by atoms with Crippen molar-refractivity contribution in [3.8, 4) is 0 Å². The fourth-order valence-electron chi connectivity index (χ4n) is 3.33. The van der Waals surface area contributed by atoms with Gasteiger partial charge >= 0.3 is 0 Å². The van der Waals surface area contributed by atoms with Gasteiger partial charge in [0.05, 0.1) is 6.54 Å². The zero-order valence-electron chi connectivity index (χ0n) is 17.0. The monoisotopic (exact) mass is 373 g/mol. The molecule has 1 saturated heterocycles. The second-order valence-electron chi connectivity index (χ2n) is 8.35. The maximum atomic E-state index is 12.4. The van der Waals surface area contributed by atoms with Gasteiger partial charge in [-0.05, 0) is 37.8 Å². The average molecular weight is 373 g/mol. The van der Waals surface area contributed by atoms with Gasteiger partial charge in [0.2, 0.25) is 17.7 Å². The molecule has 0 bridgehead atoms. The van der Waals surface area contributed by atoms with Gasteiger partial charge in [0, 0.05) is 30.1 Å². The van der Waals surface area contributed by atoms with E-state index in [-0.39, 0.29) is 30.2 Å². The molecule has 1 heterocycles. The van der Waals surface area contributed by atoms with E-state index >= 15 is 0 Å². The molecule has 6 heteroatoms. The summed E-state index contributed by atoms with van der Waals surface area (Å²) in [5, 5.41) is 5.60. The second-order valence-corrected chi connectivity index (χ2v) is 8.35. The van der Waals surface area contributed by atoms with Crippen LogP contribution >= 0.6 is 0 Å². The first kappa shape index (κ1) is 20.9. The fraction of sp³-hybridized carbons (Fsp3) is 0.571. The summed E-state index contributed by atoms with van der Waals surface area (Å²) in [7, 11) is 0. The molecule has 2 rings (SSSR count). The van der Waals surface area contributed by atoms with Gasteiger partial charge in [-0.2, -0.15) is 0 Å². The number of rotatable bonds is 4. The van der Waals surface area contributed by atoms with Gasteiger partial charge in [-0.3, -0.25) is 14.4 Å². The molecule has 1 fully saturated rings. The molecule has 2 N–H and O–H groups in total. The van der Waals surface area contributed by atoms with Crippen molar-refractivity contribution in [2.75, 3.05) is 25.0 Å². The highest BCUT2D eigenvalue weighted by molar-refractivity contribution is 5.96. The van der Waals surface area contributed by atoms with Gasteiger partial charge in [-0.15, -0.1) is 0 Å². The van der Waals surface area contributed by atoms with Crippen LogP contribution in [0, 0.1) is 25.2 Å². The van der Waals surface area contributed by atoms with E-state index in [1.807, 2.05) is 57.7 Å². The Hall–Kier alpha value is -2.37. The number of hydrogen-bond acceptors (Lipinski definition) is 3. The van der Waals surface area contributed by atoms with E-state index in [4.69, 9.17) is 0 Å². The Bertz CT molecular complexity index is 694. The van der Waals surface area contributed by atoms with Crippen molar-refractivity contribution in [1.29, 1.82) is 0 Å². The predicted octanol–water partition coefficient (Wildman–Crippen LogP) is 2.64. The van der Waals surface area contributed by atoms with Crippen LogP contribution in [0.15, 0.2) is 18.2 Å². The molecular weight excluding hydrogens is 342 g/mol. The lowest BCUT2D eigenvalue weighted by Crippen LogP contribution is -2.47. The molecule has 1 aromatic rings. The molecule has 148 valence electrons. The zero-order chi connectivity index (χ0) is 20.2. The number of aryl methyl sites for hydroxylation is 2. The molecule has 27 heavy (non-hydrogen) atoms. The first-order chi connectivity index (χ1) is 12.6. The third kappa shape index (κ3) is 5.55. The van der Waals surface area contributed by atoms with Gasteiger partial charge in [0.15, 0.2) is 0 Å². The third-order valence-electron chi connectivity index (χ3n) is 4.96. The minimum Gasteiger partial charge on any atom is -0.347 e. The molecule has 0 spiro atoms. The van der Waals surface area contributed by atoms with Crippen LogP contribution in [0.3, 0.4) is 0 Å². The number of likely N-dealkylation sites (tertiary alicyclic amines) is 1. The van der Waals surface area contributed by atoms with E-state index in [2.05, 4.69) is 10.6 Å². The minimum absolute atomic E-state index is 0.0479. The Balaban J connectivity index is 1.80. The Morgan fingerprint density at radius 1 is 1.07 bits per heavy atom. The molecule has 0 atom stereocenters. The van der Waals surface area contributed by atoms with E-state index < -0.39 is 5.41 Å². The molecule has 0 radical (unpaired) electrons. The quantitative estimate of drug-likeness (QED) is 0.852. The van der Waals surface area contributed by atoms with Gasteiger partial charge < -0.3 is 15.5 Å². The van der Waals surface area contributed by atoms with Gasteiger partial charge in [0.25, 0.3) is 0 Å². The van der Waals surface area contributed by atoms with E-state index in [0.717, 1.165) is 16.8 Å². The maximum absolute atomic E-state index is 12.4. The van der Waals surface area contributed by atoms with Gasteiger partial charge in [-0.25, -0.2) is 0 Å². The summed E-state index contributed by atoms with van der Waals surface area (Å²) in [4.78, 5) is 38.7. The Morgan fingerprint density at radius 2 is 1.63 bits per heavy atom. The molecule has 6 nitrogen and oxygen atoms in total. The van der Waals surface area contributed by atoms with E-state index in [1.165, 1.54) is 0 Å². The Morgan fingerprint density at radius 3 is 2.15 bits per heavy atom. The number of nitrogens with one attached hydrogen (secondary N) is 2. The number of nitrogens with zero attached hydrogens (tertiary/aromatic N) is 1. The van der Waals surface area contributed by atoms with Crippen LogP contribution in [0.1, 0.15) is 44.7 Å². The molecule has 0 saturated carbocycles. The minimum atomic E-state index is -0.402. The molecular formula is C21H31N3O3. The maximum Gasteiger partial charge on any atom is 0.243 e. The number of carbonyl (C=O) groups excluding carboxylic acids is 3. The van der Waals surface area contributed by atoms with Crippen molar-refractivity contribution in [2.45, 2.75) is 47.5 Å². The Kier molecular flexibility index (Phi) is 6.63. The number of piperidine rings is 1. The first-order valence-electron chi connectivity index (χ1n) is 9.52. The summed E-state index contributed by atoms with van der Waals surface area (Å²) < 4.78 is 0. The second kappa shape index (κ2) is 8.55. The molecule has 3 amide bonds. The normalized spacial score (nSPS) is 15.4. The summed E-state index contributed by atoms with van der Waals surface area (Å²) in [6.45, 7) is 10.7. The molecule has 0 aromatic heterocycles. The van der Waals surface area contributed by atoms with E-state index in [9.17, 15) is 14.4 Å². The molecule has 0 aliphatic carbocycles. The van der Waals surface area contributed by atoms with Crippen molar-refractivity contribution in [3.05, 3.63) is 29.3 Å². The van der Waals surface area contributed by atoms with Crippen LogP contribution in [-0.2, 0) is 14.4 Å². The highest BCUT2D eigenvalue weighted by Gasteiger charge is 2.32. The van der Waals surface area contributed by atoms with Crippen LogP contribution in [-0.4, -0.2) is 42.3 Å². The lowest BCUT2D eigenvalue weighted by atomic mass is 9.90. The summed E-state index contributed by atoms with van der Waals surface area (Å²) in [5.41, 5.74) is 2.38. The van der Waals surface area contributed by atoms with Crippen LogP contribution in [0.25, 0.3) is 0 Å². The van der Waals surface area contributed by atoms with Crippen molar-refractivity contribution < 1.29 is 14.4 Å². The van der Waals surface area contributed by atoms with Crippen LogP contribution < -0.4 is 10.6 Å². The summed E-state index contributed by atoms with van der Waals surface area (Å²) in [5.74, 6) is -0.382. The lowest BCUT2D eigenvalue weighted by molar-refractivity contribution is -0.142. The van der Waals surface area contributed by atoms with Gasteiger partial charge in [-0.1, -0.05) is 39.0 Å². The third-order valence-corrected chi connectivity index (χ3v) is 4.96. The van der Waals surface area contributed by atoms with E-state index in [1.54, 1.807) is 0 Å². The number of benzene rings is 1. The van der Waals surface area contributed by atoms with Crippen molar-refractivity contribution in [2.24, 2.45) is 11.3 Å². The van der Waals surface area contributed by atoms with Crippen molar-refractivity contribution in [3.63, 3.8) is 0 Å². The molecule has 1 aromatic carbocycles. The molecule has 1 aliphatic rings. The highest BCUT2D eigenvalue weighted by Crippen LogP contribution is 2.23. The summed E-state index contributed by atoms with van der Waals surface area (Å²) >= 11 is 0. The summed E-state index contributed by atoms with van der Waals surface area (Å²) in [6, 6.07) is 5.82. The lowest BCUT2D eigenvalue weighted by Gasteiger charge is -2.35. The topological polar surface area (TPSA) is 78.5 Å². The van der Waals surface area contributed by atoms with Crippen LogP contribution in [0.4, 0.5) is 5.69 Å². The molecule has 0 unspecified atom stereocenters. The average Bonchev–Trinajstić information content (AvgIpc) is 2.61. The van der Waals surface area contributed by atoms with E-state index in [0.29, 0.717) is 25.9 Å². The number of para-hydroxylation sites is 1. The van der Waals surface area contributed by atoms with Crippen LogP contribution in [0.2, 0.25) is 0 Å². The Labute approximate surface area is 161 Å².